The summed E-state index contributed by atoms with van der Waals surface area (Å²) in [6.45, 7) is 6.11. The topological polar surface area (TPSA) is 12.9 Å². The van der Waals surface area contributed by atoms with Gasteiger partial charge in [0.05, 0.1) is 16.1 Å². The molecule has 3 heteroatoms. The van der Waals surface area contributed by atoms with Crippen molar-refractivity contribution in [2.75, 3.05) is 0 Å². The van der Waals surface area contributed by atoms with Gasteiger partial charge in [-0.2, -0.15) is 0 Å². The summed E-state index contributed by atoms with van der Waals surface area (Å²) in [5.41, 5.74) is 5.15. The lowest BCUT2D eigenvalue weighted by Crippen LogP contribution is -1.84. The van der Waals surface area contributed by atoms with Gasteiger partial charge in [-0.15, -0.1) is 23.7 Å². The van der Waals surface area contributed by atoms with Crippen molar-refractivity contribution in [3.05, 3.63) is 58.6 Å². The van der Waals surface area contributed by atoms with Gasteiger partial charge in [-0.1, -0.05) is 36.9 Å². The molecule has 0 aliphatic rings. The van der Waals surface area contributed by atoms with Crippen molar-refractivity contribution in [1.29, 1.82) is 0 Å². The fourth-order valence-electron chi connectivity index (χ4n) is 1.36. The van der Waals surface area contributed by atoms with E-state index in [2.05, 4.69) is 23.7 Å². The summed E-state index contributed by atoms with van der Waals surface area (Å²) in [5, 5.41) is 0. The average Bonchev–Trinajstić information content (AvgIpc) is 2.65. The predicted octanol–water partition coefficient (Wildman–Crippen LogP) is 3.93. The Hall–Kier alpha value is -1.12. The van der Waals surface area contributed by atoms with Crippen LogP contribution in [-0.2, 0) is 0 Å². The molecule has 0 atom stereocenters. The number of halogens is 1. The molecule has 0 amide bonds. The number of aromatic nitrogens is 1. The first-order valence-corrected chi connectivity index (χ1v) is 5.32. The third kappa shape index (κ3) is 2.46. The number of benzene rings is 1. The summed E-state index contributed by atoms with van der Waals surface area (Å²) < 4.78 is 0. The fourth-order valence-corrected chi connectivity index (χ4v) is 2.16. The first kappa shape index (κ1) is 12.0. The number of hydrogen-bond acceptors (Lipinski definition) is 2. The van der Waals surface area contributed by atoms with Crippen LogP contribution in [0.4, 0.5) is 0 Å². The van der Waals surface area contributed by atoms with Crippen molar-refractivity contribution in [2.24, 2.45) is 0 Å². The molecule has 1 aromatic carbocycles. The van der Waals surface area contributed by atoms with Crippen LogP contribution in [0.3, 0.4) is 0 Å². The lowest BCUT2D eigenvalue weighted by Gasteiger charge is -2.03. The van der Waals surface area contributed by atoms with Crippen molar-refractivity contribution in [3.8, 4) is 0 Å². The Labute approximate surface area is 99.9 Å². The Morgan fingerprint density at radius 2 is 1.93 bits per heavy atom. The zero-order chi connectivity index (χ0) is 9.97. The molecular formula is C12H12ClNS. The van der Waals surface area contributed by atoms with E-state index in [1.807, 2.05) is 30.6 Å². The van der Waals surface area contributed by atoms with E-state index in [9.17, 15) is 0 Å². The summed E-state index contributed by atoms with van der Waals surface area (Å²) in [6.07, 6.45) is 0. The van der Waals surface area contributed by atoms with E-state index in [0.29, 0.717) is 0 Å². The third-order valence-electron chi connectivity index (χ3n) is 2.14. The minimum absolute atomic E-state index is 0. The minimum atomic E-state index is 0. The maximum atomic E-state index is 4.22. The Morgan fingerprint density at radius 3 is 2.47 bits per heavy atom. The van der Waals surface area contributed by atoms with Crippen LogP contribution in [-0.4, -0.2) is 4.98 Å². The molecule has 0 radical (unpaired) electrons. The van der Waals surface area contributed by atoms with Crippen molar-refractivity contribution >= 4 is 29.3 Å². The van der Waals surface area contributed by atoms with E-state index in [1.165, 1.54) is 10.4 Å². The lowest BCUT2D eigenvalue weighted by molar-refractivity contribution is 1.25. The van der Waals surface area contributed by atoms with Gasteiger partial charge in [0, 0.05) is 0 Å². The van der Waals surface area contributed by atoms with Crippen LogP contribution >= 0.6 is 23.7 Å². The molecular weight excluding hydrogens is 226 g/mol. The van der Waals surface area contributed by atoms with E-state index >= 15 is 0 Å². The highest BCUT2D eigenvalue weighted by Crippen LogP contribution is 2.26. The lowest BCUT2D eigenvalue weighted by atomic mass is 10.1. The quantitative estimate of drug-likeness (QED) is 0.771. The monoisotopic (exact) mass is 237 g/mol. The van der Waals surface area contributed by atoms with Gasteiger partial charge in [0.2, 0.25) is 0 Å². The zero-order valence-corrected chi connectivity index (χ0v) is 10.1. The zero-order valence-electron chi connectivity index (χ0n) is 8.43. The van der Waals surface area contributed by atoms with Gasteiger partial charge >= 0.3 is 0 Å². The second kappa shape index (κ2) is 5.10. The van der Waals surface area contributed by atoms with Crippen LogP contribution in [0.2, 0.25) is 0 Å². The number of rotatable bonds is 2. The molecule has 0 saturated carbocycles. The Kier molecular flexibility index (Phi) is 4.06. The smallest absolute Gasteiger partial charge is 0.0801 e. The van der Waals surface area contributed by atoms with Gasteiger partial charge in [-0.05, 0) is 18.1 Å². The van der Waals surface area contributed by atoms with Crippen LogP contribution in [0.15, 0.2) is 42.4 Å². The normalized spacial score (nSPS) is 9.40. The molecule has 0 unspecified atom stereocenters. The molecule has 0 fully saturated rings. The van der Waals surface area contributed by atoms with Crippen LogP contribution in [0, 0.1) is 6.92 Å². The molecule has 78 valence electrons. The Balaban J connectivity index is 0.00000112. The van der Waals surface area contributed by atoms with Gasteiger partial charge in [0.1, 0.15) is 0 Å². The summed E-state index contributed by atoms with van der Waals surface area (Å²) in [7, 11) is 0. The molecule has 1 heterocycles. The molecule has 2 rings (SSSR count). The number of hydrogen-bond donors (Lipinski definition) is 0. The molecule has 0 spiro atoms. The largest absolute Gasteiger partial charge is 0.249 e. The first-order chi connectivity index (χ1) is 6.79. The maximum Gasteiger partial charge on any atom is 0.0801 e. The second-order valence-corrected chi connectivity index (χ2v) is 3.97. The molecule has 0 aliphatic carbocycles. The van der Waals surface area contributed by atoms with Gasteiger partial charge < -0.3 is 0 Å². The summed E-state index contributed by atoms with van der Waals surface area (Å²) in [6, 6.07) is 10.2. The molecule has 0 saturated heterocycles. The van der Waals surface area contributed by atoms with Crippen LogP contribution < -0.4 is 0 Å². The van der Waals surface area contributed by atoms with Gasteiger partial charge in [-0.25, -0.2) is 4.98 Å². The van der Waals surface area contributed by atoms with E-state index in [1.54, 1.807) is 11.3 Å². The standard InChI is InChI=1S/C12H11NS.ClH/c1-9(11-6-4-3-5-7-11)12-10(2)13-8-14-12;/h3-8H,1H2,2H3;1H. The summed E-state index contributed by atoms with van der Waals surface area (Å²) >= 11 is 1.64. The number of aryl methyl sites for hydroxylation is 1. The minimum Gasteiger partial charge on any atom is -0.249 e. The highest BCUT2D eigenvalue weighted by molar-refractivity contribution is 7.11. The number of thiazole rings is 1. The van der Waals surface area contributed by atoms with Crippen molar-refractivity contribution in [2.45, 2.75) is 6.92 Å². The molecule has 0 bridgehead atoms. The van der Waals surface area contributed by atoms with Gasteiger partial charge in [-0.3, -0.25) is 0 Å². The third-order valence-corrected chi connectivity index (χ3v) is 3.13. The van der Waals surface area contributed by atoms with E-state index in [4.69, 9.17) is 0 Å². The summed E-state index contributed by atoms with van der Waals surface area (Å²) in [4.78, 5) is 5.40. The van der Waals surface area contributed by atoms with E-state index in [0.717, 1.165) is 11.3 Å². The second-order valence-electron chi connectivity index (χ2n) is 3.11. The van der Waals surface area contributed by atoms with Crippen LogP contribution in [0.1, 0.15) is 16.1 Å². The highest BCUT2D eigenvalue weighted by atomic mass is 35.5. The first-order valence-electron chi connectivity index (χ1n) is 4.44. The number of nitrogens with zero attached hydrogens (tertiary/aromatic N) is 1. The summed E-state index contributed by atoms with van der Waals surface area (Å²) in [5.74, 6) is 0. The van der Waals surface area contributed by atoms with Crippen molar-refractivity contribution in [3.63, 3.8) is 0 Å². The van der Waals surface area contributed by atoms with Gasteiger partial charge in [0.15, 0.2) is 0 Å². The Bertz CT molecular complexity index is 448. The predicted molar refractivity (Wildman–Crippen MR) is 68.7 cm³/mol. The molecule has 15 heavy (non-hydrogen) atoms. The average molecular weight is 238 g/mol. The van der Waals surface area contributed by atoms with E-state index < -0.39 is 0 Å². The van der Waals surface area contributed by atoms with Crippen molar-refractivity contribution in [1.82, 2.24) is 4.98 Å². The molecule has 2 aromatic rings. The molecule has 0 aliphatic heterocycles. The van der Waals surface area contributed by atoms with Crippen LogP contribution in [0.5, 0.6) is 0 Å². The molecule has 1 aromatic heterocycles. The van der Waals surface area contributed by atoms with E-state index in [-0.39, 0.29) is 12.4 Å². The fraction of sp³-hybridized carbons (Fsp3) is 0.0833. The SMILES string of the molecule is C=C(c1ccccc1)c1scnc1C.Cl. The van der Waals surface area contributed by atoms with Gasteiger partial charge in [0.25, 0.3) is 0 Å². The molecule has 1 nitrogen and oxygen atoms in total. The van der Waals surface area contributed by atoms with Crippen LogP contribution in [0.25, 0.3) is 5.57 Å². The molecule has 0 N–H and O–H groups in total. The van der Waals surface area contributed by atoms with Crippen molar-refractivity contribution < 1.29 is 0 Å². The highest BCUT2D eigenvalue weighted by Gasteiger charge is 2.06. The maximum absolute atomic E-state index is 4.22. The Morgan fingerprint density at radius 1 is 1.27 bits per heavy atom.